The van der Waals surface area contributed by atoms with E-state index < -0.39 is 83.9 Å². The molecule has 0 unspecified atom stereocenters. The molecule has 13 heteroatoms. The van der Waals surface area contributed by atoms with E-state index in [9.17, 15) is 34.5 Å². The number of nitrogens with zero attached hydrogens (tertiary/aromatic N) is 1. The van der Waals surface area contributed by atoms with E-state index in [4.69, 9.17) is 23.7 Å². The van der Waals surface area contributed by atoms with Crippen LogP contribution < -0.4 is 0 Å². The van der Waals surface area contributed by atoms with Crippen LogP contribution in [0.5, 0.6) is 0 Å². The van der Waals surface area contributed by atoms with Crippen LogP contribution in [-0.2, 0) is 42.9 Å². The second kappa shape index (κ2) is 20.4. The van der Waals surface area contributed by atoms with Crippen LogP contribution >= 0.6 is 0 Å². The minimum Gasteiger partial charge on any atom is -0.456 e. The highest BCUT2D eigenvalue weighted by atomic mass is 16.7. The minimum absolute atomic E-state index is 0.000914. The average molecular weight is 792 g/mol. The van der Waals surface area contributed by atoms with Gasteiger partial charge in [-0.2, -0.15) is 0 Å². The smallest absolute Gasteiger partial charge is 0.329 e. The van der Waals surface area contributed by atoms with E-state index in [0.29, 0.717) is 56.9 Å². The van der Waals surface area contributed by atoms with E-state index in [0.717, 1.165) is 5.57 Å². The highest BCUT2D eigenvalue weighted by molar-refractivity contribution is 6.39. The first kappa shape index (κ1) is 46.2. The van der Waals surface area contributed by atoms with Gasteiger partial charge in [-0.25, -0.2) is 4.79 Å². The summed E-state index contributed by atoms with van der Waals surface area (Å²) in [6.45, 7) is 11.3. The molecule has 4 rings (SSSR count). The number of ketones is 2. The summed E-state index contributed by atoms with van der Waals surface area (Å²) in [7, 11) is 4.63. The Labute approximate surface area is 333 Å². The van der Waals surface area contributed by atoms with Gasteiger partial charge in [-0.05, 0) is 95.5 Å². The van der Waals surface area contributed by atoms with Gasteiger partial charge < -0.3 is 43.9 Å². The number of piperidine rings is 1. The predicted octanol–water partition coefficient (Wildman–Crippen LogP) is 4.47. The number of aliphatic hydroxyl groups excluding tert-OH is 2. The van der Waals surface area contributed by atoms with E-state index in [1.54, 1.807) is 21.0 Å². The summed E-state index contributed by atoms with van der Waals surface area (Å²) in [4.78, 5) is 57.6. The third-order valence-corrected chi connectivity index (χ3v) is 12.9. The molecule has 2 bridgehead atoms. The number of fused-ring (bicyclic) bond motifs is 3. The van der Waals surface area contributed by atoms with Crippen molar-refractivity contribution >= 4 is 23.4 Å². The number of amides is 1. The summed E-state index contributed by atoms with van der Waals surface area (Å²) in [5.41, 5.74) is 1.66. The van der Waals surface area contributed by atoms with Crippen LogP contribution in [0.15, 0.2) is 23.3 Å². The number of cyclic esters (lactones) is 1. The molecule has 0 aromatic carbocycles. The van der Waals surface area contributed by atoms with Gasteiger partial charge in [0, 0.05) is 52.0 Å². The standard InChI is InChI=1S/C43H69NO12/c1-10-30-18-24(2)17-25(3)19-36(53-8)39-37(54-9)21-27(5)43(51,56-39)40(48)41(49)44-16-12-11-13-31(44)42(50)55-38(28(6)33(46)23-34(30)47)26(4)20-29-14-15-32(45)35(22-29)52-7/h18,20,25,27-33,35-39,45-46,51H,10-17,19,21-23H2,1-9H3/t25-,27+,28+,29-,30+,31-,32+,33-,35+,36-,37-,38+,39+,43+/m0/s1. The number of hydrogen-bond donors (Lipinski definition) is 3. The van der Waals surface area contributed by atoms with Crippen molar-refractivity contribution in [3.8, 4) is 0 Å². The highest BCUT2D eigenvalue weighted by Gasteiger charge is 2.56. The van der Waals surface area contributed by atoms with Gasteiger partial charge in [0.05, 0.1) is 30.5 Å². The highest BCUT2D eigenvalue weighted by Crippen LogP contribution is 2.39. The average Bonchev–Trinajstić information content (AvgIpc) is 3.18. The summed E-state index contributed by atoms with van der Waals surface area (Å²) in [5, 5.41) is 34.1. The lowest BCUT2D eigenvalue weighted by Crippen LogP contribution is -2.64. The normalized spacial score (nSPS) is 40.6. The molecule has 2 saturated heterocycles. The maximum atomic E-state index is 14.3. The maximum absolute atomic E-state index is 14.3. The van der Waals surface area contributed by atoms with Crippen molar-refractivity contribution in [3.63, 3.8) is 0 Å². The molecule has 0 aromatic heterocycles. The first-order valence-corrected chi connectivity index (χ1v) is 20.8. The third-order valence-electron chi connectivity index (χ3n) is 12.9. The number of esters is 1. The zero-order chi connectivity index (χ0) is 41.5. The fourth-order valence-corrected chi connectivity index (χ4v) is 9.39. The molecular weight excluding hydrogens is 722 g/mol. The van der Waals surface area contributed by atoms with Crippen molar-refractivity contribution < 1.29 is 58.2 Å². The van der Waals surface area contributed by atoms with Crippen LogP contribution in [0.25, 0.3) is 0 Å². The van der Waals surface area contributed by atoms with Crippen LogP contribution in [0.1, 0.15) is 112 Å². The van der Waals surface area contributed by atoms with Crippen LogP contribution in [0.3, 0.4) is 0 Å². The molecule has 318 valence electrons. The molecular formula is C43H69NO12. The first-order valence-electron chi connectivity index (χ1n) is 20.8. The van der Waals surface area contributed by atoms with Gasteiger partial charge in [-0.1, -0.05) is 45.4 Å². The van der Waals surface area contributed by atoms with Gasteiger partial charge in [0.25, 0.3) is 11.7 Å². The molecule has 0 radical (unpaired) electrons. The molecule has 13 nitrogen and oxygen atoms in total. The Morgan fingerprint density at radius 2 is 1.57 bits per heavy atom. The van der Waals surface area contributed by atoms with Crippen molar-refractivity contribution in [2.45, 2.75) is 167 Å². The van der Waals surface area contributed by atoms with Crippen molar-refractivity contribution in [2.24, 2.45) is 29.6 Å². The number of allylic oxidation sites excluding steroid dienone is 3. The van der Waals surface area contributed by atoms with E-state index in [1.165, 1.54) is 19.1 Å². The molecule has 3 N–H and O–H groups in total. The molecule has 0 aromatic rings. The molecule has 3 aliphatic heterocycles. The summed E-state index contributed by atoms with van der Waals surface area (Å²) in [5.74, 6) is -7.50. The Hall–Kier alpha value is -2.52. The molecule has 3 heterocycles. The number of methoxy groups -OCH3 is 3. The molecule has 56 heavy (non-hydrogen) atoms. The SMILES string of the molecule is CC[C@@H]1C=C(C)C[C@H](C)C[C@H](OC)[C@H]2O[C@@](O)(C(=O)C(=O)N3CCCC[C@H]3C(=O)O[C@H](C(C)=C[C@@H]3CC[C@@H](O)[C@H](OC)C3)[C@H](C)[C@@H](O)CC1=O)[C@H](C)C[C@@H]2OC. The van der Waals surface area contributed by atoms with E-state index in [-0.39, 0.29) is 49.5 Å². The number of Topliss-reactive ketones (excluding diaryl/α,β-unsaturated/α-hetero) is 2. The Morgan fingerprint density at radius 1 is 0.911 bits per heavy atom. The van der Waals surface area contributed by atoms with Gasteiger partial charge in [0.15, 0.2) is 0 Å². The van der Waals surface area contributed by atoms with Gasteiger partial charge in [0.1, 0.15) is 24.0 Å². The van der Waals surface area contributed by atoms with Gasteiger partial charge in [-0.3, -0.25) is 14.4 Å². The van der Waals surface area contributed by atoms with E-state index in [1.807, 2.05) is 32.9 Å². The largest absolute Gasteiger partial charge is 0.456 e. The Balaban J connectivity index is 1.76. The monoisotopic (exact) mass is 791 g/mol. The molecule has 3 fully saturated rings. The maximum Gasteiger partial charge on any atom is 0.329 e. The van der Waals surface area contributed by atoms with Gasteiger partial charge in [0.2, 0.25) is 5.79 Å². The van der Waals surface area contributed by atoms with Gasteiger partial charge >= 0.3 is 5.97 Å². The number of hydrogen-bond acceptors (Lipinski definition) is 12. The van der Waals surface area contributed by atoms with Crippen molar-refractivity contribution in [2.75, 3.05) is 27.9 Å². The lowest BCUT2D eigenvalue weighted by molar-refractivity contribution is -0.302. The van der Waals surface area contributed by atoms with E-state index >= 15 is 0 Å². The molecule has 0 spiro atoms. The number of carbonyl (C=O) groups is 4. The quantitative estimate of drug-likeness (QED) is 0.196. The fourth-order valence-electron chi connectivity index (χ4n) is 9.39. The number of carbonyl (C=O) groups excluding carboxylic acids is 4. The van der Waals surface area contributed by atoms with Gasteiger partial charge in [-0.15, -0.1) is 0 Å². The predicted molar refractivity (Wildman–Crippen MR) is 208 cm³/mol. The summed E-state index contributed by atoms with van der Waals surface area (Å²) < 4.78 is 29.7. The molecule has 1 amide bonds. The third kappa shape index (κ3) is 10.7. The molecule has 4 aliphatic rings. The zero-order valence-electron chi connectivity index (χ0n) is 35.1. The summed E-state index contributed by atoms with van der Waals surface area (Å²) >= 11 is 0. The number of rotatable bonds is 6. The van der Waals surface area contributed by atoms with Crippen molar-refractivity contribution in [3.05, 3.63) is 23.3 Å². The van der Waals surface area contributed by atoms with Crippen LogP contribution in [0.4, 0.5) is 0 Å². The first-order chi connectivity index (χ1) is 26.5. The van der Waals surface area contributed by atoms with E-state index in [2.05, 4.69) is 6.92 Å². The number of aliphatic hydroxyl groups is 3. The lowest BCUT2D eigenvalue weighted by atomic mass is 9.81. The van der Waals surface area contributed by atoms with Crippen LogP contribution in [-0.4, -0.2) is 126 Å². The topological polar surface area (TPSA) is 178 Å². The molecule has 14 atom stereocenters. The zero-order valence-corrected chi connectivity index (χ0v) is 35.1. The summed E-state index contributed by atoms with van der Waals surface area (Å²) in [6.07, 6.45) is 3.72. The Bertz CT molecular complexity index is 1430. The minimum atomic E-state index is -2.50. The fraction of sp³-hybridized carbons (Fsp3) is 0.814. The second-order valence-electron chi connectivity index (χ2n) is 17.2. The lowest BCUT2D eigenvalue weighted by Gasteiger charge is -2.47. The second-order valence-corrected chi connectivity index (χ2v) is 17.2. The Morgan fingerprint density at radius 3 is 2.21 bits per heavy atom. The van der Waals surface area contributed by atoms with Crippen molar-refractivity contribution in [1.82, 2.24) is 4.90 Å². The number of ether oxygens (including phenoxy) is 5. The van der Waals surface area contributed by atoms with Crippen LogP contribution in [0.2, 0.25) is 0 Å². The van der Waals surface area contributed by atoms with Crippen LogP contribution in [0, 0.1) is 29.6 Å². The molecule has 1 saturated carbocycles. The van der Waals surface area contributed by atoms with Crippen molar-refractivity contribution in [1.29, 1.82) is 0 Å². The summed E-state index contributed by atoms with van der Waals surface area (Å²) in [6, 6.07) is -1.13. The molecule has 1 aliphatic carbocycles. The Kier molecular flexibility index (Phi) is 16.9.